The second-order valence-corrected chi connectivity index (χ2v) is 8.82. The van der Waals surface area contributed by atoms with Crippen molar-refractivity contribution in [2.75, 3.05) is 16.8 Å². The van der Waals surface area contributed by atoms with E-state index < -0.39 is 0 Å². The molecule has 0 radical (unpaired) electrons. The number of ether oxygens (including phenoxy) is 1. The lowest BCUT2D eigenvalue weighted by Crippen LogP contribution is -2.28. The lowest BCUT2D eigenvalue weighted by Gasteiger charge is -2.19. The van der Waals surface area contributed by atoms with E-state index in [-0.39, 0.29) is 24.2 Å². The Bertz CT molecular complexity index is 1380. The fraction of sp³-hybridized carbons (Fsp3) is 0.172. The molecule has 0 spiro atoms. The van der Waals surface area contributed by atoms with Crippen LogP contribution in [0, 0.1) is 19.8 Å². The number of nitrogens with one attached hydrogen (secondary N) is 1. The Morgan fingerprint density at radius 1 is 0.882 bits per heavy atom. The third-order valence-electron chi connectivity index (χ3n) is 6.22. The third kappa shape index (κ3) is 4.50. The van der Waals surface area contributed by atoms with E-state index in [9.17, 15) is 9.59 Å². The van der Waals surface area contributed by atoms with Crippen molar-refractivity contribution in [2.45, 2.75) is 20.3 Å². The zero-order chi connectivity index (χ0) is 23.7. The monoisotopic (exact) mass is 450 g/mol. The lowest BCUT2D eigenvalue weighted by molar-refractivity contribution is -0.122. The number of amides is 2. The number of fused-ring (bicyclic) bond motifs is 1. The van der Waals surface area contributed by atoms with Crippen LogP contribution >= 0.6 is 0 Å². The maximum atomic E-state index is 12.9. The molecule has 4 aromatic carbocycles. The molecular formula is C29H26N2O3. The summed E-state index contributed by atoms with van der Waals surface area (Å²) in [5, 5.41) is 5.22. The highest BCUT2D eigenvalue weighted by Crippen LogP contribution is 2.30. The van der Waals surface area contributed by atoms with Gasteiger partial charge in [-0.15, -0.1) is 0 Å². The predicted molar refractivity (Wildman–Crippen MR) is 135 cm³/mol. The summed E-state index contributed by atoms with van der Waals surface area (Å²) in [5.41, 5.74) is 3.74. The number of anilines is 2. The number of nitrogens with zero attached hydrogens (tertiary/aromatic N) is 1. The molecule has 0 aromatic heterocycles. The van der Waals surface area contributed by atoms with Gasteiger partial charge >= 0.3 is 0 Å². The zero-order valence-corrected chi connectivity index (χ0v) is 19.2. The van der Waals surface area contributed by atoms with Crippen molar-refractivity contribution < 1.29 is 14.3 Å². The van der Waals surface area contributed by atoms with Crippen LogP contribution < -0.4 is 15.0 Å². The molecule has 0 bridgehead atoms. The van der Waals surface area contributed by atoms with E-state index in [0.29, 0.717) is 18.0 Å². The van der Waals surface area contributed by atoms with E-state index >= 15 is 0 Å². The van der Waals surface area contributed by atoms with Crippen molar-refractivity contribution in [1.82, 2.24) is 0 Å². The number of rotatable bonds is 5. The third-order valence-corrected chi connectivity index (χ3v) is 6.22. The first-order valence-electron chi connectivity index (χ1n) is 11.4. The molecule has 1 aliphatic heterocycles. The van der Waals surface area contributed by atoms with Gasteiger partial charge in [-0.1, -0.05) is 48.0 Å². The van der Waals surface area contributed by atoms with E-state index in [2.05, 4.69) is 23.5 Å². The van der Waals surface area contributed by atoms with Crippen LogP contribution in [0.5, 0.6) is 11.5 Å². The Labute approximate surface area is 199 Å². The molecule has 1 aliphatic rings. The molecule has 1 heterocycles. The molecule has 1 atom stereocenters. The van der Waals surface area contributed by atoms with Crippen LogP contribution in [0.4, 0.5) is 11.4 Å². The van der Waals surface area contributed by atoms with Gasteiger partial charge in [0.25, 0.3) is 0 Å². The molecule has 34 heavy (non-hydrogen) atoms. The predicted octanol–water partition coefficient (Wildman–Crippen LogP) is 6.24. The normalized spacial score (nSPS) is 15.5. The molecule has 0 unspecified atom stereocenters. The number of aryl methyl sites for hydroxylation is 2. The van der Waals surface area contributed by atoms with Crippen LogP contribution in [0.25, 0.3) is 10.8 Å². The van der Waals surface area contributed by atoms with Gasteiger partial charge in [-0.3, -0.25) is 9.59 Å². The molecule has 4 aromatic rings. The van der Waals surface area contributed by atoms with Gasteiger partial charge in [-0.05, 0) is 72.6 Å². The summed E-state index contributed by atoms with van der Waals surface area (Å²) in [7, 11) is 0. The van der Waals surface area contributed by atoms with Gasteiger partial charge in [0.2, 0.25) is 11.8 Å². The van der Waals surface area contributed by atoms with E-state index in [0.717, 1.165) is 33.3 Å². The van der Waals surface area contributed by atoms with E-state index in [1.54, 1.807) is 4.90 Å². The number of hydrogen-bond donors (Lipinski definition) is 1. The minimum Gasteiger partial charge on any atom is -0.457 e. The standard InChI is InChI=1S/C29H26N2O3/c1-19-7-14-27(20(2)15-19)31-18-23(17-28(31)32)29(33)30-24-9-12-25(13-10-24)34-26-11-8-21-5-3-4-6-22(21)16-26/h3-16,23H,17-18H2,1-2H3,(H,30,33)/t23-/m1/s1. The van der Waals surface area contributed by atoms with Crippen LogP contribution in [0.15, 0.2) is 84.9 Å². The fourth-order valence-corrected chi connectivity index (χ4v) is 4.44. The van der Waals surface area contributed by atoms with Crippen molar-refractivity contribution in [3.05, 3.63) is 96.1 Å². The molecule has 1 fully saturated rings. The van der Waals surface area contributed by atoms with E-state index in [1.807, 2.05) is 80.6 Å². The fourth-order valence-electron chi connectivity index (χ4n) is 4.44. The number of benzene rings is 4. The first-order chi connectivity index (χ1) is 16.5. The Morgan fingerprint density at radius 2 is 1.62 bits per heavy atom. The molecule has 5 rings (SSSR count). The van der Waals surface area contributed by atoms with Crippen LogP contribution in [-0.2, 0) is 9.59 Å². The first-order valence-corrected chi connectivity index (χ1v) is 11.4. The van der Waals surface area contributed by atoms with E-state index in [1.165, 1.54) is 0 Å². The minimum atomic E-state index is -0.387. The zero-order valence-electron chi connectivity index (χ0n) is 19.2. The van der Waals surface area contributed by atoms with Crippen molar-refractivity contribution >= 4 is 34.0 Å². The summed E-state index contributed by atoms with van der Waals surface area (Å²) in [6.45, 7) is 4.40. The van der Waals surface area contributed by atoms with Gasteiger partial charge in [0.1, 0.15) is 11.5 Å². The molecule has 1 saturated heterocycles. The summed E-state index contributed by atoms with van der Waals surface area (Å²) in [6, 6.07) is 27.4. The highest BCUT2D eigenvalue weighted by atomic mass is 16.5. The second kappa shape index (κ2) is 9.02. The molecule has 0 saturated carbocycles. The SMILES string of the molecule is Cc1ccc(N2C[C@H](C(=O)Nc3ccc(Oc4ccc5ccccc5c4)cc3)CC2=O)c(C)c1. The van der Waals surface area contributed by atoms with Crippen LogP contribution in [0.3, 0.4) is 0 Å². The summed E-state index contributed by atoms with van der Waals surface area (Å²) in [6.07, 6.45) is 0.211. The summed E-state index contributed by atoms with van der Waals surface area (Å²) in [4.78, 5) is 27.2. The van der Waals surface area contributed by atoms with Gasteiger partial charge in [0, 0.05) is 24.3 Å². The Kier molecular flexibility index (Phi) is 5.76. The average Bonchev–Trinajstić information content (AvgIpc) is 3.22. The summed E-state index contributed by atoms with van der Waals surface area (Å²) >= 11 is 0. The second-order valence-electron chi connectivity index (χ2n) is 8.82. The maximum absolute atomic E-state index is 12.9. The summed E-state index contributed by atoms with van der Waals surface area (Å²) in [5.74, 6) is 0.883. The van der Waals surface area contributed by atoms with Crippen LogP contribution in [-0.4, -0.2) is 18.4 Å². The molecular weight excluding hydrogens is 424 g/mol. The number of hydrogen-bond acceptors (Lipinski definition) is 3. The molecule has 170 valence electrons. The van der Waals surface area contributed by atoms with Gasteiger partial charge in [-0.25, -0.2) is 0 Å². The topological polar surface area (TPSA) is 58.6 Å². The Balaban J connectivity index is 1.22. The number of carbonyl (C=O) groups excluding carboxylic acids is 2. The molecule has 2 amide bonds. The largest absolute Gasteiger partial charge is 0.457 e. The quantitative estimate of drug-likeness (QED) is 0.391. The van der Waals surface area contributed by atoms with Gasteiger partial charge < -0.3 is 15.0 Å². The van der Waals surface area contributed by atoms with Crippen LogP contribution in [0.2, 0.25) is 0 Å². The first kappa shape index (κ1) is 21.7. The van der Waals surface area contributed by atoms with Gasteiger partial charge in [-0.2, -0.15) is 0 Å². The van der Waals surface area contributed by atoms with Crippen molar-refractivity contribution in [2.24, 2.45) is 5.92 Å². The van der Waals surface area contributed by atoms with Crippen molar-refractivity contribution in [3.8, 4) is 11.5 Å². The maximum Gasteiger partial charge on any atom is 0.229 e. The smallest absolute Gasteiger partial charge is 0.229 e. The molecule has 1 N–H and O–H groups in total. The minimum absolute atomic E-state index is 0.0220. The number of carbonyl (C=O) groups is 2. The highest BCUT2D eigenvalue weighted by molar-refractivity contribution is 6.03. The molecule has 5 heteroatoms. The average molecular weight is 451 g/mol. The molecule has 5 nitrogen and oxygen atoms in total. The Hall–Kier alpha value is -4.12. The lowest BCUT2D eigenvalue weighted by atomic mass is 10.1. The van der Waals surface area contributed by atoms with Gasteiger partial charge in [0.15, 0.2) is 0 Å². The Morgan fingerprint density at radius 3 is 2.38 bits per heavy atom. The van der Waals surface area contributed by atoms with Crippen molar-refractivity contribution in [3.63, 3.8) is 0 Å². The van der Waals surface area contributed by atoms with Gasteiger partial charge in [0.05, 0.1) is 5.92 Å². The van der Waals surface area contributed by atoms with Crippen molar-refractivity contribution in [1.29, 1.82) is 0 Å². The highest BCUT2D eigenvalue weighted by Gasteiger charge is 2.35. The van der Waals surface area contributed by atoms with E-state index in [4.69, 9.17) is 4.74 Å². The molecule has 0 aliphatic carbocycles. The summed E-state index contributed by atoms with van der Waals surface area (Å²) < 4.78 is 5.98. The van der Waals surface area contributed by atoms with Crippen LogP contribution in [0.1, 0.15) is 17.5 Å².